The molecular formula is C12H16N2O2. The van der Waals surface area contributed by atoms with Gasteiger partial charge in [0.05, 0.1) is 5.56 Å². The summed E-state index contributed by atoms with van der Waals surface area (Å²) in [5.74, 6) is -0.244. The van der Waals surface area contributed by atoms with Crippen LogP contribution in [0.15, 0.2) is 24.3 Å². The summed E-state index contributed by atoms with van der Waals surface area (Å²) >= 11 is 0. The maximum Gasteiger partial charge on any atom is 0.255 e. The lowest BCUT2D eigenvalue weighted by atomic mass is 10.1. The van der Waals surface area contributed by atoms with Gasteiger partial charge in [-0.05, 0) is 31.4 Å². The normalized spacial score (nSPS) is 24.3. The van der Waals surface area contributed by atoms with E-state index in [1.165, 1.54) is 6.07 Å². The predicted molar refractivity (Wildman–Crippen MR) is 61.2 cm³/mol. The van der Waals surface area contributed by atoms with Crippen LogP contribution in [0.5, 0.6) is 5.75 Å². The summed E-state index contributed by atoms with van der Waals surface area (Å²) in [4.78, 5) is 11.8. The second-order valence-electron chi connectivity index (χ2n) is 4.19. The Morgan fingerprint density at radius 2 is 2.12 bits per heavy atom. The first-order valence-corrected chi connectivity index (χ1v) is 5.53. The molecule has 4 nitrogen and oxygen atoms in total. The summed E-state index contributed by atoms with van der Waals surface area (Å²) in [7, 11) is 0. The van der Waals surface area contributed by atoms with Gasteiger partial charge >= 0.3 is 0 Å². The maximum atomic E-state index is 11.8. The van der Waals surface area contributed by atoms with Crippen molar-refractivity contribution in [3.05, 3.63) is 29.8 Å². The fourth-order valence-corrected chi connectivity index (χ4v) is 2.08. The van der Waals surface area contributed by atoms with Crippen LogP contribution in [0.3, 0.4) is 0 Å². The van der Waals surface area contributed by atoms with Gasteiger partial charge in [-0.2, -0.15) is 0 Å². The Balaban J connectivity index is 2.06. The van der Waals surface area contributed by atoms with Crippen LogP contribution in [-0.2, 0) is 0 Å². The monoisotopic (exact) mass is 220 g/mol. The lowest BCUT2D eigenvalue weighted by molar-refractivity contribution is 0.0932. The number of phenolic OH excluding ortho intramolecular Hbond substituents is 1. The average molecular weight is 220 g/mol. The third-order valence-electron chi connectivity index (χ3n) is 3.03. The maximum absolute atomic E-state index is 11.8. The minimum absolute atomic E-state index is 0.00608. The molecule has 0 heterocycles. The molecule has 0 saturated heterocycles. The molecular weight excluding hydrogens is 204 g/mol. The summed E-state index contributed by atoms with van der Waals surface area (Å²) in [5, 5.41) is 12.4. The minimum Gasteiger partial charge on any atom is -0.507 e. The van der Waals surface area contributed by atoms with Gasteiger partial charge in [0, 0.05) is 12.1 Å². The quantitative estimate of drug-likeness (QED) is 0.696. The standard InChI is InChI=1S/C12H16N2O2/c13-9-5-3-6-10(9)14-12(16)8-4-1-2-7-11(8)15/h1-2,4,7,9-10,15H,3,5-6,13H2,(H,14,16). The predicted octanol–water partition coefficient (Wildman–Crippen LogP) is 1.00. The van der Waals surface area contributed by atoms with Gasteiger partial charge in [0.2, 0.25) is 0 Å². The lowest BCUT2D eigenvalue weighted by Crippen LogP contribution is -2.43. The van der Waals surface area contributed by atoms with Crippen molar-refractivity contribution in [3.8, 4) is 5.75 Å². The van der Waals surface area contributed by atoms with Crippen molar-refractivity contribution < 1.29 is 9.90 Å². The molecule has 0 bridgehead atoms. The Morgan fingerprint density at radius 3 is 2.75 bits per heavy atom. The second-order valence-corrected chi connectivity index (χ2v) is 4.19. The number of aromatic hydroxyl groups is 1. The van der Waals surface area contributed by atoms with Crippen molar-refractivity contribution in [1.29, 1.82) is 0 Å². The highest BCUT2D eigenvalue weighted by Gasteiger charge is 2.26. The molecule has 0 aromatic heterocycles. The molecule has 1 aromatic rings. The molecule has 16 heavy (non-hydrogen) atoms. The van der Waals surface area contributed by atoms with Crippen LogP contribution in [0.2, 0.25) is 0 Å². The van der Waals surface area contributed by atoms with Gasteiger partial charge in [-0.1, -0.05) is 12.1 Å². The van der Waals surface area contributed by atoms with Crippen LogP contribution in [0.25, 0.3) is 0 Å². The molecule has 0 spiro atoms. The number of para-hydroxylation sites is 1. The summed E-state index contributed by atoms with van der Waals surface area (Å²) < 4.78 is 0. The molecule has 1 fully saturated rings. The van der Waals surface area contributed by atoms with Crippen LogP contribution in [0.1, 0.15) is 29.6 Å². The SMILES string of the molecule is NC1CCCC1NC(=O)c1ccccc1O. The Labute approximate surface area is 94.5 Å². The molecule has 1 aromatic carbocycles. The summed E-state index contributed by atoms with van der Waals surface area (Å²) in [6.07, 6.45) is 2.92. The van der Waals surface area contributed by atoms with E-state index in [0.29, 0.717) is 5.56 Å². The molecule has 4 N–H and O–H groups in total. The van der Waals surface area contributed by atoms with Crippen LogP contribution in [0, 0.1) is 0 Å². The molecule has 86 valence electrons. The largest absolute Gasteiger partial charge is 0.507 e. The van der Waals surface area contributed by atoms with Crippen molar-refractivity contribution >= 4 is 5.91 Å². The Morgan fingerprint density at radius 1 is 1.38 bits per heavy atom. The first-order chi connectivity index (χ1) is 7.68. The number of nitrogens with two attached hydrogens (primary N) is 1. The van der Waals surface area contributed by atoms with E-state index in [2.05, 4.69) is 5.32 Å². The topological polar surface area (TPSA) is 75.3 Å². The molecule has 2 unspecified atom stereocenters. The lowest BCUT2D eigenvalue weighted by Gasteiger charge is -2.17. The molecule has 1 aliphatic carbocycles. The van der Waals surface area contributed by atoms with Crippen molar-refractivity contribution in [2.75, 3.05) is 0 Å². The number of hydrogen-bond donors (Lipinski definition) is 3. The zero-order chi connectivity index (χ0) is 11.5. The Bertz CT molecular complexity index is 392. The van der Waals surface area contributed by atoms with Gasteiger partial charge in [-0.15, -0.1) is 0 Å². The molecule has 1 saturated carbocycles. The van der Waals surface area contributed by atoms with E-state index in [1.807, 2.05) is 0 Å². The molecule has 0 radical (unpaired) electrons. The summed E-state index contributed by atoms with van der Waals surface area (Å²) in [6.45, 7) is 0. The number of hydrogen-bond acceptors (Lipinski definition) is 3. The minimum atomic E-state index is -0.250. The van der Waals surface area contributed by atoms with Gasteiger partial charge < -0.3 is 16.2 Å². The number of rotatable bonds is 2. The second kappa shape index (κ2) is 4.53. The van der Waals surface area contributed by atoms with E-state index in [9.17, 15) is 9.90 Å². The zero-order valence-corrected chi connectivity index (χ0v) is 9.02. The van der Waals surface area contributed by atoms with E-state index in [4.69, 9.17) is 5.73 Å². The first kappa shape index (κ1) is 11.0. The molecule has 0 aliphatic heterocycles. The van der Waals surface area contributed by atoms with Crippen molar-refractivity contribution in [3.63, 3.8) is 0 Å². The molecule has 1 amide bonds. The van der Waals surface area contributed by atoms with Crippen molar-refractivity contribution in [1.82, 2.24) is 5.32 Å². The van der Waals surface area contributed by atoms with Gasteiger partial charge in [0.1, 0.15) is 5.75 Å². The average Bonchev–Trinajstić information content (AvgIpc) is 2.65. The van der Waals surface area contributed by atoms with E-state index in [-0.39, 0.29) is 23.7 Å². The fourth-order valence-electron chi connectivity index (χ4n) is 2.08. The highest BCUT2D eigenvalue weighted by molar-refractivity contribution is 5.96. The first-order valence-electron chi connectivity index (χ1n) is 5.53. The number of carbonyl (C=O) groups excluding carboxylic acids is 1. The Kier molecular flexibility index (Phi) is 3.10. The number of carbonyl (C=O) groups is 1. The van der Waals surface area contributed by atoms with E-state index in [0.717, 1.165) is 19.3 Å². The van der Waals surface area contributed by atoms with Crippen molar-refractivity contribution in [2.24, 2.45) is 5.73 Å². The highest BCUT2D eigenvalue weighted by atomic mass is 16.3. The van der Waals surface area contributed by atoms with Gasteiger partial charge in [0.25, 0.3) is 5.91 Å². The molecule has 2 atom stereocenters. The van der Waals surface area contributed by atoms with Gasteiger partial charge in [0.15, 0.2) is 0 Å². The van der Waals surface area contributed by atoms with Gasteiger partial charge in [-0.25, -0.2) is 0 Å². The fraction of sp³-hybridized carbons (Fsp3) is 0.417. The number of benzene rings is 1. The zero-order valence-electron chi connectivity index (χ0n) is 9.02. The third kappa shape index (κ3) is 2.17. The van der Waals surface area contributed by atoms with Gasteiger partial charge in [-0.3, -0.25) is 4.79 Å². The van der Waals surface area contributed by atoms with Crippen LogP contribution in [0.4, 0.5) is 0 Å². The number of amides is 1. The molecule has 1 aliphatic rings. The third-order valence-corrected chi connectivity index (χ3v) is 3.03. The summed E-state index contributed by atoms with van der Waals surface area (Å²) in [6, 6.07) is 6.59. The van der Waals surface area contributed by atoms with Crippen LogP contribution in [-0.4, -0.2) is 23.1 Å². The van der Waals surface area contributed by atoms with Crippen LogP contribution < -0.4 is 11.1 Å². The summed E-state index contributed by atoms with van der Waals surface area (Å²) in [5.41, 5.74) is 6.17. The number of nitrogens with one attached hydrogen (secondary N) is 1. The smallest absolute Gasteiger partial charge is 0.255 e. The van der Waals surface area contributed by atoms with Crippen LogP contribution >= 0.6 is 0 Å². The van der Waals surface area contributed by atoms with E-state index >= 15 is 0 Å². The van der Waals surface area contributed by atoms with Crippen molar-refractivity contribution in [2.45, 2.75) is 31.3 Å². The van der Waals surface area contributed by atoms with E-state index in [1.54, 1.807) is 18.2 Å². The highest BCUT2D eigenvalue weighted by Crippen LogP contribution is 2.19. The molecule has 2 rings (SSSR count). The Hall–Kier alpha value is -1.55. The van der Waals surface area contributed by atoms with E-state index < -0.39 is 0 Å². The number of phenols is 1. The molecule has 4 heteroatoms.